The Balaban J connectivity index is 1.92. The smallest absolute Gasteiger partial charge is 0.238 e. The molecule has 21 heavy (non-hydrogen) atoms. The number of amides is 1. The van der Waals surface area contributed by atoms with E-state index < -0.39 is 0 Å². The van der Waals surface area contributed by atoms with Gasteiger partial charge in [0.2, 0.25) is 5.91 Å². The average molecular weight is 291 g/mol. The van der Waals surface area contributed by atoms with Gasteiger partial charge >= 0.3 is 0 Å². The summed E-state index contributed by atoms with van der Waals surface area (Å²) in [6.45, 7) is 5.15. The average Bonchev–Trinajstić information content (AvgIpc) is 2.49. The van der Waals surface area contributed by atoms with Crippen LogP contribution in [0.15, 0.2) is 18.2 Å². The molecule has 0 saturated carbocycles. The van der Waals surface area contributed by atoms with Gasteiger partial charge in [0.25, 0.3) is 0 Å². The van der Waals surface area contributed by atoms with Crippen LogP contribution in [0.25, 0.3) is 0 Å². The van der Waals surface area contributed by atoms with Gasteiger partial charge in [0.15, 0.2) is 0 Å². The number of piperidine rings is 1. The maximum Gasteiger partial charge on any atom is 0.238 e. The molecular weight excluding hydrogens is 266 g/mol. The van der Waals surface area contributed by atoms with E-state index >= 15 is 0 Å². The van der Waals surface area contributed by atoms with Gasteiger partial charge in [0.1, 0.15) is 5.75 Å². The SMILES string of the molecule is CCCOc1ccc(N)c(NC(=O)CN2CCCCC2)c1. The van der Waals surface area contributed by atoms with Crippen molar-refractivity contribution in [3.8, 4) is 5.75 Å². The summed E-state index contributed by atoms with van der Waals surface area (Å²) in [6.07, 6.45) is 4.56. The summed E-state index contributed by atoms with van der Waals surface area (Å²) in [5.41, 5.74) is 7.11. The highest BCUT2D eigenvalue weighted by Gasteiger charge is 2.14. The molecule has 0 aromatic heterocycles. The minimum Gasteiger partial charge on any atom is -0.494 e. The van der Waals surface area contributed by atoms with E-state index in [1.165, 1.54) is 19.3 Å². The molecule has 0 bridgehead atoms. The highest BCUT2D eigenvalue weighted by atomic mass is 16.5. The fourth-order valence-corrected chi connectivity index (χ4v) is 2.46. The predicted molar refractivity (Wildman–Crippen MR) is 85.6 cm³/mol. The highest BCUT2D eigenvalue weighted by Crippen LogP contribution is 2.24. The van der Waals surface area contributed by atoms with E-state index in [-0.39, 0.29) is 5.91 Å². The Bertz CT molecular complexity index is 471. The zero-order valence-corrected chi connectivity index (χ0v) is 12.7. The third kappa shape index (κ3) is 4.93. The predicted octanol–water partition coefficient (Wildman–Crippen LogP) is 2.48. The standard InChI is InChI=1S/C16H25N3O2/c1-2-10-21-13-6-7-14(17)15(11-13)18-16(20)12-19-8-4-3-5-9-19/h6-7,11H,2-5,8-10,12,17H2,1H3,(H,18,20). The Labute approximate surface area is 126 Å². The van der Waals surface area contributed by atoms with E-state index in [2.05, 4.69) is 17.1 Å². The van der Waals surface area contributed by atoms with Crippen molar-refractivity contribution in [2.24, 2.45) is 0 Å². The monoisotopic (exact) mass is 291 g/mol. The van der Waals surface area contributed by atoms with Crippen molar-refractivity contribution in [2.75, 3.05) is 37.3 Å². The maximum atomic E-state index is 12.1. The number of rotatable bonds is 6. The van der Waals surface area contributed by atoms with Crippen molar-refractivity contribution < 1.29 is 9.53 Å². The van der Waals surface area contributed by atoms with Crippen LogP contribution in [0.4, 0.5) is 11.4 Å². The molecule has 2 rings (SSSR count). The second kappa shape index (κ2) is 7.88. The first kappa shape index (κ1) is 15.6. The topological polar surface area (TPSA) is 67.6 Å². The minimum absolute atomic E-state index is 0.0174. The second-order valence-corrected chi connectivity index (χ2v) is 5.48. The van der Waals surface area contributed by atoms with Crippen LogP contribution in [0.2, 0.25) is 0 Å². The zero-order chi connectivity index (χ0) is 15.1. The van der Waals surface area contributed by atoms with Crippen LogP contribution in [0, 0.1) is 0 Å². The number of nitrogens with two attached hydrogens (primary N) is 1. The Kier molecular flexibility index (Phi) is 5.87. The molecule has 5 nitrogen and oxygen atoms in total. The van der Waals surface area contributed by atoms with Crippen LogP contribution >= 0.6 is 0 Å². The number of nitrogens with one attached hydrogen (secondary N) is 1. The molecule has 5 heteroatoms. The Morgan fingerprint density at radius 3 is 2.81 bits per heavy atom. The van der Waals surface area contributed by atoms with Gasteiger partial charge in [0.05, 0.1) is 24.5 Å². The van der Waals surface area contributed by atoms with Crippen LogP contribution in [0.1, 0.15) is 32.6 Å². The maximum absolute atomic E-state index is 12.1. The van der Waals surface area contributed by atoms with Crippen molar-refractivity contribution in [2.45, 2.75) is 32.6 Å². The third-order valence-electron chi connectivity index (χ3n) is 3.59. The second-order valence-electron chi connectivity index (χ2n) is 5.48. The summed E-state index contributed by atoms with van der Waals surface area (Å²) in [5, 5.41) is 2.89. The summed E-state index contributed by atoms with van der Waals surface area (Å²) < 4.78 is 5.57. The molecule has 1 aliphatic rings. The molecule has 3 N–H and O–H groups in total. The number of hydrogen-bond acceptors (Lipinski definition) is 4. The first-order valence-corrected chi connectivity index (χ1v) is 7.73. The first-order chi connectivity index (χ1) is 10.2. The first-order valence-electron chi connectivity index (χ1n) is 7.73. The van der Waals surface area contributed by atoms with Crippen LogP contribution in [0.5, 0.6) is 5.75 Å². The summed E-state index contributed by atoms with van der Waals surface area (Å²) in [7, 11) is 0. The van der Waals surface area contributed by atoms with E-state index in [0.717, 1.165) is 25.3 Å². The van der Waals surface area contributed by atoms with Gasteiger partial charge < -0.3 is 15.8 Å². The molecule has 1 aliphatic heterocycles. The molecule has 1 aromatic rings. The highest BCUT2D eigenvalue weighted by molar-refractivity contribution is 5.95. The molecule has 116 valence electrons. The number of nitrogens with zero attached hydrogens (tertiary/aromatic N) is 1. The molecule has 1 saturated heterocycles. The fourth-order valence-electron chi connectivity index (χ4n) is 2.46. The lowest BCUT2D eigenvalue weighted by molar-refractivity contribution is -0.117. The number of carbonyl (C=O) groups is 1. The normalized spacial score (nSPS) is 15.7. The third-order valence-corrected chi connectivity index (χ3v) is 3.59. The summed E-state index contributed by atoms with van der Waals surface area (Å²) in [5.74, 6) is 0.718. The van der Waals surface area contributed by atoms with Gasteiger partial charge in [-0.25, -0.2) is 0 Å². The van der Waals surface area contributed by atoms with E-state index in [0.29, 0.717) is 24.5 Å². The molecule has 0 unspecified atom stereocenters. The molecule has 1 heterocycles. The zero-order valence-electron chi connectivity index (χ0n) is 12.7. The van der Waals surface area contributed by atoms with Crippen molar-refractivity contribution in [1.29, 1.82) is 0 Å². The number of carbonyl (C=O) groups excluding carboxylic acids is 1. The van der Waals surface area contributed by atoms with Gasteiger partial charge in [-0.1, -0.05) is 13.3 Å². The lowest BCUT2D eigenvalue weighted by Crippen LogP contribution is -2.36. The van der Waals surface area contributed by atoms with Crippen molar-refractivity contribution in [3.63, 3.8) is 0 Å². The number of anilines is 2. The molecule has 1 amide bonds. The van der Waals surface area contributed by atoms with Gasteiger partial charge in [0, 0.05) is 6.07 Å². The molecule has 0 aliphatic carbocycles. The number of hydrogen-bond donors (Lipinski definition) is 2. The van der Waals surface area contributed by atoms with E-state index in [1.54, 1.807) is 12.1 Å². The van der Waals surface area contributed by atoms with Gasteiger partial charge in [-0.2, -0.15) is 0 Å². The van der Waals surface area contributed by atoms with Crippen molar-refractivity contribution >= 4 is 17.3 Å². The van der Waals surface area contributed by atoms with Crippen molar-refractivity contribution in [1.82, 2.24) is 4.90 Å². The largest absolute Gasteiger partial charge is 0.494 e. The molecule has 1 fully saturated rings. The Hall–Kier alpha value is -1.75. The Morgan fingerprint density at radius 2 is 2.10 bits per heavy atom. The van der Waals surface area contributed by atoms with Crippen LogP contribution < -0.4 is 15.8 Å². The lowest BCUT2D eigenvalue weighted by Gasteiger charge is -2.25. The number of benzene rings is 1. The molecular formula is C16H25N3O2. The van der Waals surface area contributed by atoms with Gasteiger partial charge in [-0.3, -0.25) is 9.69 Å². The summed E-state index contributed by atoms with van der Waals surface area (Å²) in [6, 6.07) is 5.38. The van der Waals surface area contributed by atoms with Crippen LogP contribution in [-0.2, 0) is 4.79 Å². The van der Waals surface area contributed by atoms with E-state index in [9.17, 15) is 4.79 Å². The van der Waals surface area contributed by atoms with E-state index in [4.69, 9.17) is 10.5 Å². The molecule has 0 radical (unpaired) electrons. The van der Waals surface area contributed by atoms with Gasteiger partial charge in [-0.15, -0.1) is 0 Å². The van der Waals surface area contributed by atoms with E-state index in [1.807, 2.05) is 6.07 Å². The number of nitrogen functional groups attached to an aromatic ring is 1. The minimum atomic E-state index is -0.0174. The van der Waals surface area contributed by atoms with Crippen LogP contribution in [0.3, 0.4) is 0 Å². The molecule has 0 spiro atoms. The summed E-state index contributed by atoms with van der Waals surface area (Å²) >= 11 is 0. The lowest BCUT2D eigenvalue weighted by atomic mass is 10.1. The van der Waals surface area contributed by atoms with Gasteiger partial charge in [-0.05, 0) is 44.5 Å². The Morgan fingerprint density at radius 1 is 1.33 bits per heavy atom. The number of likely N-dealkylation sites (tertiary alicyclic amines) is 1. The molecule has 0 atom stereocenters. The van der Waals surface area contributed by atoms with Crippen molar-refractivity contribution in [3.05, 3.63) is 18.2 Å². The summed E-state index contributed by atoms with van der Waals surface area (Å²) in [4.78, 5) is 14.3. The number of ether oxygens (including phenoxy) is 1. The quantitative estimate of drug-likeness (QED) is 0.790. The molecule has 1 aromatic carbocycles. The fraction of sp³-hybridized carbons (Fsp3) is 0.562. The van der Waals surface area contributed by atoms with Crippen LogP contribution in [-0.4, -0.2) is 37.0 Å².